The smallest absolute Gasteiger partial charge is 0.416 e. The first-order valence-electron chi connectivity index (χ1n) is 8.77. The molecule has 150 valence electrons. The Morgan fingerprint density at radius 1 is 1.00 bits per heavy atom. The first-order valence-corrected chi connectivity index (χ1v) is 8.77. The van der Waals surface area contributed by atoms with E-state index < -0.39 is 37.0 Å². The number of amides is 3. The van der Waals surface area contributed by atoms with E-state index in [1.165, 1.54) is 0 Å². The van der Waals surface area contributed by atoms with Gasteiger partial charge in [-0.3, -0.25) is 14.4 Å². The molecule has 0 aliphatic carbocycles. The maximum atomic E-state index is 12.1. The van der Waals surface area contributed by atoms with Gasteiger partial charge < -0.3 is 19.5 Å². The van der Waals surface area contributed by atoms with Gasteiger partial charge in [0, 0.05) is 5.56 Å². The monoisotopic (exact) mass is 398 g/mol. The highest BCUT2D eigenvalue weighted by molar-refractivity contribution is 5.97. The van der Waals surface area contributed by atoms with E-state index in [9.17, 15) is 19.2 Å². The van der Waals surface area contributed by atoms with Crippen LogP contribution in [0.15, 0.2) is 54.6 Å². The van der Waals surface area contributed by atoms with E-state index in [2.05, 4.69) is 10.1 Å². The second kappa shape index (κ2) is 9.36. The lowest BCUT2D eigenvalue weighted by Gasteiger charge is -2.11. The average molecular weight is 398 g/mol. The number of ether oxygens (including phenoxy) is 3. The van der Waals surface area contributed by atoms with Gasteiger partial charge in [0.1, 0.15) is 24.7 Å². The predicted octanol–water partition coefficient (Wildman–Crippen LogP) is 1.73. The number of carbonyl (C=O) groups excluding carboxylic acids is 4. The lowest BCUT2D eigenvalue weighted by Crippen LogP contribution is -2.37. The fourth-order valence-electron chi connectivity index (χ4n) is 2.44. The van der Waals surface area contributed by atoms with Crippen molar-refractivity contribution in [3.8, 4) is 11.5 Å². The molecule has 0 saturated carbocycles. The van der Waals surface area contributed by atoms with Crippen LogP contribution in [0, 0.1) is 0 Å². The molecular formula is C20H18N2O7. The normalized spacial score (nSPS) is 12.8. The topological polar surface area (TPSA) is 111 Å². The Labute approximate surface area is 166 Å². The summed E-state index contributed by atoms with van der Waals surface area (Å²) < 4.78 is 15.0. The number of cyclic esters (lactones) is 1. The van der Waals surface area contributed by atoms with Crippen molar-refractivity contribution in [1.29, 1.82) is 0 Å². The van der Waals surface area contributed by atoms with Crippen LogP contribution >= 0.6 is 0 Å². The highest BCUT2D eigenvalue weighted by atomic mass is 16.6. The predicted molar refractivity (Wildman–Crippen MR) is 99.3 cm³/mol. The summed E-state index contributed by atoms with van der Waals surface area (Å²) in [6, 6.07) is 15.6. The third-order valence-electron chi connectivity index (χ3n) is 3.91. The summed E-state index contributed by atoms with van der Waals surface area (Å²) in [4.78, 5) is 47.6. The zero-order chi connectivity index (χ0) is 20.6. The quantitative estimate of drug-likeness (QED) is 0.707. The van der Waals surface area contributed by atoms with Gasteiger partial charge in [-0.1, -0.05) is 18.2 Å². The fourth-order valence-corrected chi connectivity index (χ4v) is 2.44. The highest BCUT2D eigenvalue weighted by Gasteiger charge is 2.28. The van der Waals surface area contributed by atoms with Gasteiger partial charge in [-0.05, 0) is 36.4 Å². The minimum atomic E-state index is -0.803. The number of carbonyl (C=O) groups is 4. The first-order chi connectivity index (χ1) is 14.0. The summed E-state index contributed by atoms with van der Waals surface area (Å²) >= 11 is 0. The van der Waals surface area contributed by atoms with Crippen molar-refractivity contribution >= 4 is 23.9 Å². The lowest BCUT2D eigenvalue weighted by atomic mass is 10.2. The molecule has 0 aromatic heterocycles. The molecule has 3 rings (SSSR count). The van der Waals surface area contributed by atoms with Gasteiger partial charge in [-0.2, -0.15) is 0 Å². The summed E-state index contributed by atoms with van der Waals surface area (Å²) in [5, 5.41) is 2.40. The van der Waals surface area contributed by atoms with E-state index >= 15 is 0 Å². The van der Waals surface area contributed by atoms with Crippen LogP contribution in [-0.4, -0.2) is 55.1 Å². The van der Waals surface area contributed by atoms with Gasteiger partial charge in [-0.15, -0.1) is 0 Å². The summed E-state index contributed by atoms with van der Waals surface area (Å²) in [7, 11) is 0. The van der Waals surface area contributed by atoms with Crippen LogP contribution in [0.5, 0.6) is 11.5 Å². The van der Waals surface area contributed by atoms with E-state index in [-0.39, 0.29) is 13.2 Å². The molecule has 0 spiro atoms. The summed E-state index contributed by atoms with van der Waals surface area (Å²) in [5.74, 6) is -0.734. The molecule has 1 aliphatic rings. The third kappa shape index (κ3) is 5.55. The maximum absolute atomic E-state index is 12.1. The molecule has 1 aliphatic heterocycles. The first kappa shape index (κ1) is 19.9. The van der Waals surface area contributed by atoms with Crippen LogP contribution in [0.3, 0.4) is 0 Å². The zero-order valence-corrected chi connectivity index (χ0v) is 15.3. The largest absolute Gasteiger partial charge is 0.457 e. The van der Waals surface area contributed by atoms with Gasteiger partial charge in [0.05, 0.1) is 6.54 Å². The van der Waals surface area contributed by atoms with Gasteiger partial charge in [0.25, 0.3) is 11.8 Å². The molecule has 2 aromatic rings. The number of nitrogens with one attached hydrogen (secondary N) is 1. The van der Waals surface area contributed by atoms with Crippen LogP contribution in [0.4, 0.5) is 4.79 Å². The Kier molecular flexibility index (Phi) is 6.41. The van der Waals surface area contributed by atoms with Crippen molar-refractivity contribution in [2.45, 2.75) is 0 Å². The second-order valence-electron chi connectivity index (χ2n) is 5.94. The van der Waals surface area contributed by atoms with Crippen LogP contribution in [0.25, 0.3) is 0 Å². The second-order valence-corrected chi connectivity index (χ2v) is 5.94. The van der Waals surface area contributed by atoms with E-state index in [1.54, 1.807) is 24.3 Å². The van der Waals surface area contributed by atoms with Gasteiger partial charge >= 0.3 is 12.1 Å². The Morgan fingerprint density at radius 2 is 1.69 bits per heavy atom. The third-order valence-corrected chi connectivity index (χ3v) is 3.91. The number of esters is 1. The molecule has 1 fully saturated rings. The zero-order valence-electron chi connectivity index (χ0n) is 15.3. The molecule has 0 atom stereocenters. The maximum Gasteiger partial charge on any atom is 0.416 e. The molecule has 1 heterocycles. The molecular weight excluding hydrogens is 380 g/mol. The summed E-state index contributed by atoms with van der Waals surface area (Å²) in [6.07, 6.45) is -0.765. The van der Waals surface area contributed by atoms with E-state index in [1.807, 2.05) is 30.3 Å². The molecule has 2 aromatic carbocycles. The molecule has 3 amide bonds. The molecule has 1 saturated heterocycles. The molecule has 0 radical (unpaired) electrons. The number of imide groups is 1. The Balaban J connectivity index is 1.42. The van der Waals surface area contributed by atoms with E-state index in [0.717, 1.165) is 4.90 Å². The van der Waals surface area contributed by atoms with Crippen molar-refractivity contribution in [2.75, 3.05) is 26.3 Å². The lowest BCUT2D eigenvalue weighted by molar-refractivity contribution is -0.149. The van der Waals surface area contributed by atoms with Crippen LogP contribution in [0.2, 0.25) is 0 Å². The minimum Gasteiger partial charge on any atom is -0.457 e. The molecule has 1 N–H and O–H groups in total. The van der Waals surface area contributed by atoms with Crippen molar-refractivity contribution in [3.05, 3.63) is 60.2 Å². The van der Waals surface area contributed by atoms with Gasteiger partial charge in [0.2, 0.25) is 0 Å². The Bertz CT molecular complexity index is 897. The standard InChI is InChI=1S/C20H18N2O7/c23-17(22-10-11-27-20(22)26)13-28-18(24)12-21-19(25)14-6-8-16(9-7-14)29-15-4-2-1-3-5-15/h1-9H,10-13H2,(H,21,25). The van der Waals surface area contributed by atoms with Crippen molar-refractivity contribution in [2.24, 2.45) is 0 Å². The molecule has 29 heavy (non-hydrogen) atoms. The minimum absolute atomic E-state index is 0.115. The molecule has 9 heteroatoms. The molecule has 9 nitrogen and oxygen atoms in total. The van der Waals surface area contributed by atoms with Crippen LogP contribution in [-0.2, 0) is 19.1 Å². The number of hydrogen-bond donors (Lipinski definition) is 1. The number of hydrogen-bond acceptors (Lipinski definition) is 7. The number of nitrogens with zero attached hydrogens (tertiary/aromatic N) is 1. The molecule has 0 bridgehead atoms. The van der Waals surface area contributed by atoms with Crippen LogP contribution in [0.1, 0.15) is 10.4 Å². The summed E-state index contributed by atoms with van der Waals surface area (Å²) in [6.45, 7) is -0.784. The Morgan fingerprint density at radius 3 is 2.34 bits per heavy atom. The fraction of sp³-hybridized carbons (Fsp3) is 0.200. The number of benzene rings is 2. The van der Waals surface area contributed by atoms with Gasteiger partial charge in [0.15, 0.2) is 6.61 Å². The average Bonchev–Trinajstić information content (AvgIpc) is 3.17. The van der Waals surface area contributed by atoms with Crippen molar-refractivity contribution in [3.63, 3.8) is 0 Å². The summed E-state index contributed by atoms with van der Waals surface area (Å²) in [5.41, 5.74) is 0.328. The van der Waals surface area contributed by atoms with Crippen LogP contribution < -0.4 is 10.1 Å². The van der Waals surface area contributed by atoms with E-state index in [4.69, 9.17) is 9.47 Å². The van der Waals surface area contributed by atoms with E-state index in [0.29, 0.717) is 17.1 Å². The Hall–Kier alpha value is -3.88. The van der Waals surface area contributed by atoms with Crippen molar-refractivity contribution < 1.29 is 33.4 Å². The highest BCUT2D eigenvalue weighted by Crippen LogP contribution is 2.21. The van der Waals surface area contributed by atoms with Crippen molar-refractivity contribution in [1.82, 2.24) is 10.2 Å². The number of rotatable bonds is 7. The van der Waals surface area contributed by atoms with Gasteiger partial charge in [-0.25, -0.2) is 9.69 Å². The SMILES string of the molecule is O=C(CNC(=O)c1ccc(Oc2ccccc2)cc1)OCC(=O)N1CCOC1=O. The number of para-hydroxylation sites is 1. The molecule has 0 unspecified atom stereocenters.